The quantitative estimate of drug-likeness (QED) is 0.703. The summed E-state index contributed by atoms with van der Waals surface area (Å²) in [5.41, 5.74) is 0. The summed E-state index contributed by atoms with van der Waals surface area (Å²) in [6, 6.07) is 4.67. The standard InChI is InChI=1S/C15H23N3OS/c1-16-8-10-17(11-9-16)13-4-6-18(7-5-13)15(19)14-3-2-12-20-14/h2-3,12-13H,4-11H2,1H3/p+2. The molecule has 1 amide bonds. The smallest absolute Gasteiger partial charge is 0.263 e. The van der Waals surface area contributed by atoms with Gasteiger partial charge in [0.1, 0.15) is 26.2 Å². The van der Waals surface area contributed by atoms with E-state index in [2.05, 4.69) is 7.05 Å². The van der Waals surface area contributed by atoms with Gasteiger partial charge in [0.15, 0.2) is 0 Å². The fraction of sp³-hybridized carbons (Fsp3) is 0.667. The predicted molar refractivity (Wildman–Crippen MR) is 80.6 cm³/mol. The summed E-state index contributed by atoms with van der Waals surface area (Å²) in [6.07, 6.45) is 2.34. The van der Waals surface area contributed by atoms with E-state index in [1.165, 1.54) is 39.0 Å². The Morgan fingerprint density at radius 3 is 2.55 bits per heavy atom. The maximum atomic E-state index is 12.3. The van der Waals surface area contributed by atoms with Gasteiger partial charge < -0.3 is 14.7 Å². The number of hydrogen-bond donors (Lipinski definition) is 2. The number of likely N-dealkylation sites (N-methyl/N-ethyl adjacent to an activating group) is 1. The third-order valence-electron chi connectivity index (χ3n) is 4.84. The van der Waals surface area contributed by atoms with Crippen LogP contribution in [0.3, 0.4) is 0 Å². The number of carbonyl (C=O) groups is 1. The lowest BCUT2D eigenvalue weighted by Gasteiger charge is -2.38. The lowest BCUT2D eigenvalue weighted by molar-refractivity contribution is -1.02. The number of carbonyl (C=O) groups excluding carboxylic acids is 1. The van der Waals surface area contributed by atoms with Crippen LogP contribution in [-0.2, 0) is 0 Å². The predicted octanol–water partition coefficient (Wildman–Crippen LogP) is -1.23. The van der Waals surface area contributed by atoms with Crippen molar-refractivity contribution in [2.75, 3.05) is 46.3 Å². The highest BCUT2D eigenvalue weighted by atomic mass is 32.1. The Morgan fingerprint density at radius 2 is 1.95 bits per heavy atom. The summed E-state index contributed by atoms with van der Waals surface area (Å²) < 4.78 is 0. The zero-order valence-electron chi connectivity index (χ0n) is 12.2. The molecule has 0 unspecified atom stereocenters. The average molecular weight is 295 g/mol. The minimum absolute atomic E-state index is 0.233. The van der Waals surface area contributed by atoms with Crippen LogP contribution in [0.4, 0.5) is 0 Å². The molecule has 4 nitrogen and oxygen atoms in total. The fourth-order valence-corrected chi connectivity index (χ4v) is 4.14. The summed E-state index contributed by atoms with van der Waals surface area (Å²) in [5.74, 6) is 0.233. The first-order chi connectivity index (χ1) is 9.74. The van der Waals surface area contributed by atoms with Crippen molar-refractivity contribution in [2.45, 2.75) is 18.9 Å². The number of hydrogen-bond acceptors (Lipinski definition) is 2. The number of likely N-dealkylation sites (tertiary alicyclic amines) is 1. The minimum Gasteiger partial charge on any atom is -0.337 e. The van der Waals surface area contributed by atoms with Crippen molar-refractivity contribution in [2.24, 2.45) is 0 Å². The Bertz CT molecular complexity index is 432. The zero-order valence-corrected chi connectivity index (χ0v) is 13.0. The summed E-state index contributed by atoms with van der Waals surface area (Å²) in [7, 11) is 2.29. The molecule has 110 valence electrons. The van der Waals surface area contributed by atoms with Gasteiger partial charge in [-0.05, 0) is 11.4 Å². The number of nitrogens with one attached hydrogen (secondary N) is 2. The molecule has 2 aliphatic heterocycles. The second-order valence-electron chi connectivity index (χ2n) is 6.16. The normalized spacial score (nSPS) is 28.6. The van der Waals surface area contributed by atoms with Gasteiger partial charge in [-0.1, -0.05) is 6.07 Å². The molecule has 2 aliphatic rings. The van der Waals surface area contributed by atoms with Gasteiger partial charge in [-0.2, -0.15) is 0 Å². The van der Waals surface area contributed by atoms with E-state index in [-0.39, 0.29) is 5.91 Å². The van der Waals surface area contributed by atoms with Crippen molar-refractivity contribution in [1.29, 1.82) is 0 Å². The molecule has 5 heteroatoms. The van der Waals surface area contributed by atoms with E-state index in [4.69, 9.17) is 0 Å². The molecular formula is C15H25N3OS+2. The van der Waals surface area contributed by atoms with Crippen molar-refractivity contribution in [3.63, 3.8) is 0 Å². The number of rotatable bonds is 2. The molecule has 0 bridgehead atoms. The zero-order chi connectivity index (χ0) is 13.9. The first kappa shape index (κ1) is 14.0. The summed E-state index contributed by atoms with van der Waals surface area (Å²) in [4.78, 5) is 18.7. The number of nitrogens with zero attached hydrogens (tertiary/aromatic N) is 1. The van der Waals surface area contributed by atoms with Crippen LogP contribution in [0.25, 0.3) is 0 Å². The molecule has 0 aromatic carbocycles. The van der Waals surface area contributed by atoms with Crippen LogP contribution in [0.2, 0.25) is 0 Å². The van der Waals surface area contributed by atoms with Gasteiger partial charge in [0, 0.05) is 25.9 Å². The van der Waals surface area contributed by atoms with E-state index in [0.717, 1.165) is 24.0 Å². The lowest BCUT2D eigenvalue weighted by atomic mass is 10.0. The number of quaternary nitrogens is 2. The van der Waals surface area contributed by atoms with E-state index < -0.39 is 0 Å². The molecule has 0 radical (unpaired) electrons. The van der Waals surface area contributed by atoms with E-state index in [0.29, 0.717) is 0 Å². The Labute approximate surface area is 125 Å². The van der Waals surface area contributed by atoms with Crippen LogP contribution in [0.15, 0.2) is 17.5 Å². The molecule has 1 aromatic rings. The van der Waals surface area contributed by atoms with Gasteiger partial charge in [-0.3, -0.25) is 4.79 Å². The molecule has 2 N–H and O–H groups in total. The average Bonchev–Trinajstić information content (AvgIpc) is 3.02. The van der Waals surface area contributed by atoms with Crippen LogP contribution in [0.1, 0.15) is 22.5 Å². The Morgan fingerprint density at radius 1 is 1.25 bits per heavy atom. The van der Waals surface area contributed by atoms with Gasteiger partial charge in [0.05, 0.1) is 18.0 Å². The van der Waals surface area contributed by atoms with Crippen molar-refractivity contribution < 1.29 is 14.6 Å². The third kappa shape index (κ3) is 3.05. The first-order valence-electron chi connectivity index (χ1n) is 7.72. The second kappa shape index (κ2) is 6.24. The first-order valence-corrected chi connectivity index (χ1v) is 8.60. The molecule has 0 saturated carbocycles. The number of piperidine rings is 1. The monoisotopic (exact) mass is 295 g/mol. The Balaban J connectivity index is 1.51. The van der Waals surface area contributed by atoms with Crippen LogP contribution >= 0.6 is 11.3 Å². The SMILES string of the molecule is C[NH+]1CC[NH+](C2CCN(C(=O)c3cccs3)CC2)CC1. The van der Waals surface area contributed by atoms with E-state index in [9.17, 15) is 4.79 Å². The van der Waals surface area contributed by atoms with Crippen LogP contribution in [-0.4, -0.2) is 63.2 Å². The molecule has 3 heterocycles. The highest BCUT2D eigenvalue weighted by Gasteiger charge is 2.32. The number of thiophene rings is 1. The van der Waals surface area contributed by atoms with Gasteiger partial charge in [-0.15, -0.1) is 11.3 Å². The fourth-order valence-electron chi connectivity index (χ4n) is 3.45. The van der Waals surface area contributed by atoms with Gasteiger partial charge in [-0.25, -0.2) is 0 Å². The van der Waals surface area contributed by atoms with E-state index in [1.807, 2.05) is 22.4 Å². The van der Waals surface area contributed by atoms with Crippen molar-refractivity contribution in [1.82, 2.24) is 4.90 Å². The molecule has 2 fully saturated rings. The molecule has 1 aromatic heterocycles. The van der Waals surface area contributed by atoms with Gasteiger partial charge >= 0.3 is 0 Å². The maximum Gasteiger partial charge on any atom is 0.263 e. The van der Waals surface area contributed by atoms with E-state index >= 15 is 0 Å². The Hall–Kier alpha value is -0.910. The highest BCUT2D eigenvalue weighted by molar-refractivity contribution is 7.12. The van der Waals surface area contributed by atoms with E-state index in [1.54, 1.807) is 21.1 Å². The van der Waals surface area contributed by atoms with Crippen LogP contribution in [0, 0.1) is 0 Å². The lowest BCUT2D eigenvalue weighted by Crippen LogP contribution is -3.28. The summed E-state index contributed by atoms with van der Waals surface area (Å²) >= 11 is 1.55. The number of amides is 1. The molecular weight excluding hydrogens is 270 g/mol. The molecule has 0 atom stereocenters. The number of piperazine rings is 1. The summed E-state index contributed by atoms with van der Waals surface area (Å²) in [6.45, 7) is 7.07. The second-order valence-corrected chi connectivity index (χ2v) is 7.11. The molecule has 3 rings (SSSR count). The van der Waals surface area contributed by atoms with Crippen molar-refractivity contribution >= 4 is 17.2 Å². The largest absolute Gasteiger partial charge is 0.337 e. The molecule has 0 aliphatic carbocycles. The minimum atomic E-state index is 0.233. The van der Waals surface area contributed by atoms with Crippen molar-refractivity contribution in [3.8, 4) is 0 Å². The molecule has 0 spiro atoms. The van der Waals surface area contributed by atoms with Gasteiger partial charge in [0.25, 0.3) is 5.91 Å². The molecule has 2 saturated heterocycles. The van der Waals surface area contributed by atoms with Crippen molar-refractivity contribution in [3.05, 3.63) is 22.4 Å². The third-order valence-corrected chi connectivity index (χ3v) is 5.70. The van der Waals surface area contributed by atoms with Crippen LogP contribution < -0.4 is 9.80 Å². The van der Waals surface area contributed by atoms with Crippen LogP contribution in [0.5, 0.6) is 0 Å². The van der Waals surface area contributed by atoms with Gasteiger partial charge in [0.2, 0.25) is 0 Å². The Kier molecular flexibility index (Phi) is 4.38. The highest BCUT2D eigenvalue weighted by Crippen LogP contribution is 2.16. The summed E-state index contributed by atoms with van der Waals surface area (Å²) in [5, 5.41) is 1.98. The topological polar surface area (TPSA) is 29.2 Å². The molecule has 20 heavy (non-hydrogen) atoms. The maximum absolute atomic E-state index is 12.3.